The monoisotopic (exact) mass is 101 g/mol. The first-order valence-corrected chi connectivity index (χ1v) is 2.02. The fourth-order valence-electron chi connectivity index (χ4n) is 0. The van der Waals surface area contributed by atoms with Crippen LogP contribution in [0, 0.1) is 0 Å². The van der Waals surface area contributed by atoms with Crippen LogP contribution in [0.4, 0.5) is 0 Å². The van der Waals surface area contributed by atoms with Gasteiger partial charge in [0.2, 0.25) is 0 Å². The molecule has 0 unspecified atom stereocenters. The van der Waals surface area contributed by atoms with Crippen molar-refractivity contribution >= 4 is 0 Å². The summed E-state index contributed by atoms with van der Waals surface area (Å²) in [5.41, 5.74) is 0. The van der Waals surface area contributed by atoms with Crippen LogP contribution in [0.2, 0.25) is 0 Å². The third kappa shape index (κ3) is 333. The highest BCUT2D eigenvalue weighted by atomic mass is 14.0. The first kappa shape index (κ1) is 16.1. The van der Waals surface area contributed by atoms with Crippen molar-refractivity contribution in [2.45, 2.75) is 13.3 Å². The van der Waals surface area contributed by atoms with E-state index in [1.807, 2.05) is 6.08 Å². The maximum atomic E-state index is 3.48. The summed E-state index contributed by atoms with van der Waals surface area (Å²) in [6.45, 7) is 11.5. The molecule has 0 fully saturated rings. The average Bonchev–Trinajstić information content (AvgIpc) is 1.72. The second-order valence-electron chi connectivity index (χ2n) is 0.697. The van der Waals surface area contributed by atoms with Gasteiger partial charge >= 0.3 is 0 Å². The van der Waals surface area contributed by atoms with E-state index in [1.165, 1.54) is 0 Å². The van der Waals surface area contributed by atoms with Crippen molar-refractivity contribution in [2.24, 2.45) is 0 Å². The Morgan fingerprint density at radius 3 is 1.57 bits per heavy atom. The standard InChI is InChI=1S/C4H8.C2H4.H3N/c1-3-4-2;1-2;/h3H,1,4H2,2H3;1-2H2;1H3. The number of allylic oxidation sites excluding steroid dienone is 1. The van der Waals surface area contributed by atoms with Gasteiger partial charge in [-0.2, -0.15) is 0 Å². The summed E-state index contributed by atoms with van der Waals surface area (Å²) >= 11 is 0. The fourth-order valence-corrected chi connectivity index (χ4v) is 0. The average molecular weight is 101 g/mol. The molecule has 0 spiro atoms. The maximum Gasteiger partial charge on any atom is -0.0382 e. The zero-order valence-corrected chi connectivity index (χ0v) is 5.11. The lowest BCUT2D eigenvalue weighted by atomic mass is 10.5. The van der Waals surface area contributed by atoms with Gasteiger partial charge in [0.25, 0.3) is 0 Å². The zero-order chi connectivity index (χ0) is 5.41. The van der Waals surface area contributed by atoms with Crippen LogP contribution < -0.4 is 6.15 Å². The molecular weight excluding hydrogens is 86.1 g/mol. The van der Waals surface area contributed by atoms with Gasteiger partial charge in [0, 0.05) is 0 Å². The van der Waals surface area contributed by atoms with E-state index >= 15 is 0 Å². The van der Waals surface area contributed by atoms with E-state index in [4.69, 9.17) is 0 Å². The van der Waals surface area contributed by atoms with E-state index in [9.17, 15) is 0 Å². The number of hydrogen-bond acceptors (Lipinski definition) is 1. The largest absolute Gasteiger partial charge is 0.344 e. The molecule has 44 valence electrons. The lowest BCUT2D eigenvalue weighted by Gasteiger charge is -1.57. The van der Waals surface area contributed by atoms with Crippen molar-refractivity contribution in [3.8, 4) is 0 Å². The molecule has 0 atom stereocenters. The number of hydrogen-bond donors (Lipinski definition) is 1. The van der Waals surface area contributed by atoms with E-state index in [2.05, 4.69) is 26.7 Å². The molecule has 0 aromatic rings. The van der Waals surface area contributed by atoms with E-state index in [1.54, 1.807) is 0 Å². The Labute approximate surface area is 46.3 Å². The lowest BCUT2D eigenvalue weighted by molar-refractivity contribution is 1.23. The molecule has 7 heavy (non-hydrogen) atoms. The van der Waals surface area contributed by atoms with Crippen LogP contribution in [0.1, 0.15) is 13.3 Å². The van der Waals surface area contributed by atoms with Crippen LogP contribution in [0.3, 0.4) is 0 Å². The van der Waals surface area contributed by atoms with Crippen molar-refractivity contribution in [3.05, 3.63) is 25.8 Å². The highest BCUT2D eigenvalue weighted by Gasteiger charge is 1.45. The Morgan fingerprint density at radius 1 is 1.43 bits per heavy atom. The van der Waals surface area contributed by atoms with Gasteiger partial charge in [-0.3, -0.25) is 0 Å². The van der Waals surface area contributed by atoms with E-state index in [-0.39, 0.29) is 6.15 Å². The van der Waals surface area contributed by atoms with E-state index in [0.717, 1.165) is 6.42 Å². The predicted octanol–water partition coefficient (Wildman–Crippen LogP) is 2.55. The van der Waals surface area contributed by atoms with Crippen LogP contribution in [-0.4, -0.2) is 0 Å². The Hall–Kier alpha value is -0.560. The van der Waals surface area contributed by atoms with Crippen molar-refractivity contribution < 1.29 is 0 Å². The van der Waals surface area contributed by atoms with Crippen LogP contribution in [0.25, 0.3) is 0 Å². The minimum Gasteiger partial charge on any atom is -0.344 e. The summed E-state index contributed by atoms with van der Waals surface area (Å²) in [7, 11) is 0. The normalized spacial score (nSPS) is 4.14. The second kappa shape index (κ2) is 51.7. The van der Waals surface area contributed by atoms with Gasteiger partial charge in [-0.15, -0.1) is 19.7 Å². The Morgan fingerprint density at radius 2 is 1.57 bits per heavy atom. The number of rotatable bonds is 1. The Bertz CT molecular complexity index is 25.4. The molecule has 0 bridgehead atoms. The summed E-state index contributed by atoms with van der Waals surface area (Å²) in [6.07, 6.45) is 2.96. The Kier molecular flexibility index (Phi) is 119. The molecule has 1 nitrogen and oxygen atoms in total. The Balaban J connectivity index is -0.0000000480. The molecule has 3 N–H and O–H groups in total. The first-order valence-electron chi connectivity index (χ1n) is 2.02. The smallest absolute Gasteiger partial charge is 0.0382 e. The molecule has 1 heteroatoms. The molecule has 0 aromatic carbocycles. The highest BCUT2D eigenvalue weighted by Crippen LogP contribution is 1.66. The van der Waals surface area contributed by atoms with Gasteiger partial charge < -0.3 is 6.15 Å². The van der Waals surface area contributed by atoms with Crippen molar-refractivity contribution in [1.82, 2.24) is 6.15 Å². The van der Waals surface area contributed by atoms with Gasteiger partial charge in [0.1, 0.15) is 0 Å². The molecule has 0 aromatic heterocycles. The van der Waals surface area contributed by atoms with Gasteiger partial charge in [-0.25, -0.2) is 0 Å². The fraction of sp³-hybridized carbons (Fsp3) is 0.333. The molecule has 0 heterocycles. The quantitative estimate of drug-likeness (QED) is 0.506. The summed E-state index contributed by atoms with van der Waals surface area (Å²) in [4.78, 5) is 0. The maximum absolute atomic E-state index is 3.48. The molecule has 0 aliphatic rings. The van der Waals surface area contributed by atoms with Crippen LogP contribution in [-0.2, 0) is 0 Å². The molecule has 0 aliphatic heterocycles. The van der Waals surface area contributed by atoms with E-state index in [0.29, 0.717) is 0 Å². The lowest BCUT2D eigenvalue weighted by Crippen LogP contribution is -1.36. The van der Waals surface area contributed by atoms with Crippen molar-refractivity contribution in [1.29, 1.82) is 0 Å². The molecular formula is C6H15N. The summed E-state index contributed by atoms with van der Waals surface area (Å²) in [5, 5.41) is 0. The first-order chi connectivity index (χ1) is 2.91. The summed E-state index contributed by atoms with van der Waals surface area (Å²) < 4.78 is 0. The minimum absolute atomic E-state index is 0. The third-order valence-electron chi connectivity index (χ3n) is 0.289. The predicted molar refractivity (Wildman–Crippen MR) is 36.8 cm³/mol. The van der Waals surface area contributed by atoms with Crippen molar-refractivity contribution in [3.63, 3.8) is 0 Å². The second-order valence-corrected chi connectivity index (χ2v) is 0.697. The summed E-state index contributed by atoms with van der Waals surface area (Å²) in [5.74, 6) is 0. The van der Waals surface area contributed by atoms with Gasteiger partial charge in [0.15, 0.2) is 0 Å². The molecule has 0 radical (unpaired) electrons. The van der Waals surface area contributed by atoms with Crippen LogP contribution in [0.15, 0.2) is 25.8 Å². The third-order valence-corrected chi connectivity index (χ3v) is 0.289. The van der Waals surface area contributed by atoms with Crippen molar-refractivity contribution in [2.75, 3.05) is 0 Å². The highest BCUT2D eigenvalue weighted by molar-refractivity contribution is 4.60. The SMILES string of the molecule is C=C.C=CCC.N. The van der Waals surface area contributed by atoms with Gasteiger partial charge in [-0.1, -0.05) is 13.0 Å². The molecule has 0 amide bonds. The van der Waals surface area contributed by atoms with E-state index < -0.39 is 0 Å². The van der Waals surface area contributed by atoms with Gasteiger partial charge in [0.05, 0.1) is 0 Å². The molecule has 0 saturated heterocycles. The summed E-state index contributed by atoms with van der Waals surface area (Å²) in [6, 6.07) is 0. The topological polar surface area (TPSA) is 35.0 Å². The minimum atomic E-state index is 0. The van der Waals surface area contributed by atoms with Gasteiger partial charge in [-0.05, 0) is 6.42 Å². The van der Waals surface area contributed by atoms with Crippen LogP contribution in [0.5, 0.6) is 0 Å². The molecule has 0 rings (SSSR count). The zero-order valence-electron chi connectivity index (χ0n) is 5.11. The molecule has 0 saturated carbocycles. The molecule has 0 aliphatic carbocycles. The van der Waals surface area contributed by atoms with Crippen LogP contribution >= 0.6 is 0 Å².